The molecular weight excluding hydrogens is 254 g/mol. The van der Waals surface area contributed by atoms with Crippen LogP contribution in [0, 0.1) is 11.8 Å². The predicted octanol–water partition coefficient (Wildman–Crippen LogP) is 1.37. The lowest BCUT2D eigenvalue weighted by atomic mass is 9.98. The van der Waals surface area contributed by atoms with E-state index in [0.717, 1.165) is 13.0 Å². The van der Waals surface area contributed by atoms with E-state index in [0.29, 0.717) is 5.92 Å². The summed E-state index contributed by atoms with van der Waals surface area (Å²) in [4.78, 5) is 25.5. The van der Waals surface area contributed by atoms with Gasteiger partial charge in [0.25, 0.3) is 0 Å². The molecular formula is C15H31N3O2. The molecule has 0 heterocycles. The highest BCUT2D eigenvalue weighted by Crippen LogP contribution is 2.08. The Kier molecular flexibility index (Phi) is 8.46. The maximum Gasteiger partial charge on any atom is 0.236 e. The van der Waals surface area contributed by atoms with Crippen molar-refractivity contribution in [2.24, 2.45) is 17.6 Å². The van der Waals surface area contributed by atoms with Crippen molar-refractivity contribution in [2.45, 2.75) is 60.0 Å². The number of hydrogen-bond donors (Lipinski definition) is 2. The van der Waals surface area contributed by atoms with Crippen LogP contribution in [0.15, 0.2) is 0 Å². The van der Waals surface area contributed by atoms with Crippen LogP contribution in [0.5, 0.6) is 0 Å². The van der Waals surface area contributed by atoms with Crippen LogP contribution in [0.3, 0.4) is 0 Å². The fourth-order valence-electron chi connectivity index (χ4n) is 2.11. The molecule has 20 heavy (non-hydrogen) atoms. The number of carbonyl (C=O) groups is 2. The van der Waals surface area contributed by atoms with Crippen LogP contribution in [-0.2, 0) is 9.59 Å². The number of nitrogens with one attached hydrogen (secondary N) is 1. The first-order chi connectivity index (χ1) is 9.20. The first-order valence-corrected chi connectivity index (χ1v) is 7.52. The van der Waals surface area contributed by atoms with Gasteiger partial charge in [0.05, 0.1) is 12.6 Å². The van der Waals surface area contributed by atoms with E-state index >= 15 is 0 Å². The van der Waals surface area contributed by atoms with Crippen LogP contribution < -0.4 is 11.1 Å². The molecule has 0 rings (SSSR count). The van der Waals surface area contributed by atoms with E-state index in [2.05, 4.69) is 19.2 Å². The molecule has 2 atom stereocenters. The van der Waals surface area contributed by atoms with Crippen molar-refractivity contribution in [2.75, 3.05) is 13.1 Å². The third-order valence-electron chi connectivity index (χ3n) is 3.50. The summed E-state index contributed by atoms with van der Waals surface area (Å²) in [6.45, 7) is 13.0. The van der Waals surface area contributed by atoms with Crippen LogP contribution in [0.1, 0.15) is 48.0 Å². The Labute approximate surface area is 123 Å². The second-order valence-electron chi connectivity index (χ2n) is 6.18. The van der Waals surface area contributed by atoms with Gasteiger partial charge in [-0.3, -0.25) is 14.9 Å². The van der Waals surface area contributed by atoms with Gasteiger partial charge >= 0.3 is 0 Å². The van der Waals surface area contributed by atoms with Crippen LogP contribution in [-0.4, -0.2) is 41.9 Å². The molecule has 2 amide bonds. The van der Waals surface area contributed by atoms with Gasteiger partial charge in [-0.15, -0.1) is 0 Å². The summed E-state index contributed by atoms with van der Waals surface area (Å²) in [5.41, 5.74) is 5.39. The highest BCUT2D eigenvalue weighted by Gasteiger charge is 2.24. The maximum atomic E-state index is 12.3. The summed E-state index contributed by atoms with van der Waals surface area (Å²) in [5.74, 6) is 0.163. The number of nitrogens with zero attached hydrogens (tertiary/aromatic N) is 1. The minimum atomic E-state index is -0.447. The number of hydrogen-bond acceptors (Lipinski definition) is 3. The molecule has 0 aliphatic heterocycles. The van der Waals surface area contributed by atoms with Crippen molar-refractivity contribution in [1.29, 1.82) is 0 Å². The largest absolute Gasteiger partial charge is 0.368 e. The van der Waals surface area contributed by atoms with E-state index in [4.69, 9.17) is 5.73 Å². The van der Waals surface area contributed by atoms with Crippen LogP contribution >= 0.6 is 0 Å². The Morgan fingerprint density at radius 3 is 2.05 bits per heavy atom. The fourth-order valence-corrected chi connectivity index (χ4v) is 2.11. The van der Waals surface area contributed by atoms with Crippen molar-refractivity contribution in [1.82, 2.24) is 10.2 Å². The van der Waals surface area contributed by atoms with Gasteiger partial charge in [0.1, 0.15) is 0 Å². The number of carbonyl (C=O) groups excluding carboxylic acids is 2. The smallest absolute Gasteiger partial charge is 0.236 e. The summed E-state index contributed by atoms with van der Waals surface area (Å²) in [7, 11) is 0. The van der Waals surface area contributed by atoms with Crippen molar-refractivity contribution in [3.05, 3.63) is 0 Å². The van der Waals surface area contributed by atoms with Crippen molar-refractivity contribution >= 4 is 11.8 Å². The minimum absolute atomic E-state index is 0.0169. The zero-order chi connectivity index (χ0) is 15.9. The number of rotatable bonds is 9. The Morgan fingerprint density at radius 2 is 1.70 bits per heavy atom. The molecule has 0 aromatic rings. The highest BCUT2D eigenvalue weighted by molar-refractivity contribution is 5.82. The van der Waals surface area contributed by atoms with Gasteiger partial charge in [0.15, 0.2) is 0 Å². The monoisotopic (exact) mass is 285 g/mol. The van der Waals surface area contributed by atoms with Gasteiger partial charge in [-0.2, -0.15) is 0 Å². The third-order valence-corrected chi connectivity index (χ3v) is 3.50. The molecule has 0 saturated carbocycles. The number of amides is 2. The fraction of sp³-hybridized carbons (Fsp3) is 0.867. The zero-order valence-electron chi connectivity index (χ0n) is 13.8. The first-order valence-electron chi connectivity index (χ1n) is 7.52. The SMILES string of the molecule is CC[C@@H](C)[C@@H](NCC(=O)N(CC(C)C)C(C)C)C(N)=O. The van der Waals surface area contributed by atoms with Crippen LogP contribution in [0.4, 0.5) is 0 Å². The molecule has 5 nitrogen and oxygen atoms in total. The van der Waals surface area contributed by atoms with Gasteiger partial charge in [-0.1, -0.05) is 34.1 Å². The summed E-state index contributed by atoms with van der Waals surface area (Å²) in [6, 6.07) is -0.292. The summed E-state index contributed by atoms with van der Waals surface area (Å²) < 4.78 is 0. The van der Waals surface area contributed by atoms with E-state index in [9.17, 15) is 9.59 Å². The molecule has 0 aromatic carbocycles. The molecule has 0 spiro atoms. The van der Waals surface area contributed by atoms with E-state index in [1.54, 1.807) is 0 Å². The van der Waals surface area contributed by atoms with E-state index in [1.807, 2.05) is 32.6 Å². The molecule has 5 heteroatoms. The lowest BCUT2D eigenvalue weighted by Crippen LogP contribution is -2.51. The highest BCUT2D eigenvalue weighted by atomic mass is 16.2. The predicted molar refractivity (Wildman–Crippen MR) is 82.1 cm³/mol. The molecule has 0 fully saturated rings. The summed E-state index contributed by atoms with van der Waals surface area (Å²) in [6.07, 6.45) is 0.842. The van der Waals surface area contributed by atoms with E-state index in [1.165, 1.54) is 0 Å². The van der Waals surface area contributed by atoms with Crippen molar-refractivity contribution < 1.29 is 9.59 Å². The standard InChI is InChI=1S/C15H31N3O2/c1-7-12(6)14(15(16)20)17-8-13(19)18(11(4)5)9-10(2)3/h10-12,14,17H,7-9H2,1-6H3,(H2,16,20)/t12-,14-/m1/s1. The molecule has 0 aromatic heterocycles. The van der Waals surface area contributed by atoms with Gasteiger partial charge in [-0.05, 0) is 25.7 Å². The van der Waals surface area contributed by atoms with Crippen LogP contribution in [0.2, 0.25) is 0 Å². The normalized spacial score (nSPS) is 14.4. The van der Waals surface area contributed by atoms with E-state index < -0.39 is 11.9 Å². The minimum Gasteiger partial charge on any atom is -0.368 e. The lowest BCUT2D eigenvalue weighted by molar-refractivity contribution is -0.132. The zero-order valence-corrected chi connectivity index (χ0v) is 13.8. The molecule has 0 aliphatic rings. The van der Waals surface area contributed by atoms with Gasteiger partial charge in [0, 0.05) is 12.6 Å². The van der Waals surface area contributed by atoms with Crippen molar-refractivity contribution in [3.63, 3.8) is 0 Å². The van der Waals surface area contributed by atoms with E-state index in [-0.39, 0.29) is 24.4 Å². The average Bonchev–Trinajstić information content (AvgIpc) is 2.34. The third kappa shape index (κ3) is 6.37. The first kappa shape index (κ1) is 18.9. The van der Waals surface area contributed by atoms with Gasteiger partial charge in [0.2, 0.25) is 11.8 Å². The Morgan fingerprint density at radius 1 is 1.15 bits per heavy atom. The maximum absolute atomic E-state index is 12.3. The van der Waals surface area contributed by atoms with Crippen molar-refractivity contribution in [3.8, 4) is 0 Å². The number of nitrogens with two attached hydrogens (primary N) is 1. The van der Waals surface area contributed by atoms with Gasteiger partial charge < -0.3 is 10.6 Å². The summed E-state index contributed by atoms with van der Waals surface area (Å²) >= 11 is 0. The quantitative estimate of drug-likeness (QED) is 0.672. The Bertz CT molecular complexity index is 316. The molecule has 118 valence electrons. The summed E-state index contributed by atoms with van der Waals surface area (Å²) in [5, 5.41) is 3.01. The topological polar surface area (TPSA) is 75.4 Å². The lowest BCUT2D eigenvalue weighted by Gasteiger charge is -2.30. The van der Waals surface area contributed by atoms with Gasteiger partial charge in [-0.25, -0.2) is 0 Å². The number of primary amides is 1. The molecule has 0 saturated heterocycles. The van der Waals surface area contributed by atoms with Crippen LogP contribution in [0.25, 0.3) is 0 Å². The molecule has 0 aliphatic carbocycles. The Balaban J connectivity index is 4.59. The molecule has 0 bridgehead atoms. The Hall–Kier alpha value is -1.10. The molecule has 3 N–H and O–H groups in total. The molecule has 0 unspecified atom stereocenters. The molecule has 0 radical (unpaired) electrons. The average molecular weight is 285 g/mol. The second-order valence-corrected chi connectivity index (χ2v) is 6.18. The second kappa shape index (κ2) is 8.95.